The molecule has 2 aromatic carbocycles. The summed E-state index contributed by atoms with van der Waals surface area (Å²) < 4.78 is 0.842. The van der Waals surface area contributed by atoms with E-state index in [1.165, 1.54) is 12.1 Å². The lowest BCUT2D eigenvalue weighted by Gasteiger charge is -2.10. The highest BCUT2D eigenvalue weighted by atomic mass is 127. The number of carbonyl (C=O) groups excluding carboxylic acids is 1. The number of nitrogens with one attached hydrogen (secondary N) is 1. The van der Waals surface area contributed by atoms with Crippen molar-refractivity contribution >= 4 is 40.2 Å². The van der Waals surface area contributed by atoms with Gasteiger partial charge in [0, 0.05) is 9.26 Å². The molecule has 2 rings (SSSR count). The van der Waals surface area contributed by atoms with Crippen LogP contribution in [0.5, 0.6) is 0 Å². The number of halogens is 1. The second-order valence-corrected chi connectivity index (χ2v) is 5.43. The van der Waals surface area contributed by atoms with Crippen molar-refractivity contribution in [2.45, 2.75) is 6.92 Å². The topological polar surface area (TPSA) is 66.4 Å². The van der Waals surface area contributed by atoms with Crippen molar-refractivity contribution in [3.05, 3.63) is 62.7 Å². The molecule has 0 atom stereocenters. The van der Waals surface area contributed by atoms with Crippen LogP contribution in [0.2, 0.25) is 0 Å². The van der Waals surface area contributed by atoms with Gasteiger partial charge in [-0.05, 0) is 59.3 Å². The zero-order valence-electron chi connectivity index (χ0n) is 10.7. The van der Waals surface area contributed by atoms with Gasteiger partial charge in [-0.15, -0.1) is 0 Å². The van der Waals surface area contributed by atoms with Gasteiger partial charge in [-0.25, -0.2) is 4.79 Å². The minimum absolute atomic E-state index is 0.147. The van der Waals surface area contributed by atoms with Crippen LogP contribution in [0.4, 0.5) is 5.69 Å². The molecular weight excluding hydrogens is 369 g/mol. The van der Waals surface area contributed by atoms with Crippen molar-refractivity contribution in [3.8, 4) is 0 Å². The first-order valence-electron chi connectivity index (χ1n) is 5.89. The van der Waals surface area contributed by atoms with Gasteiger partial charge in [-0.1, -0.05) is 18.2 Å². The third-order valence-electron chi connectivity index (χ3n) is 2.85. The molecule has 0 aromatic heterocycles. The fourth-order valence-electron chi connectivity index (χ4n) is 1.72. The lowest BCUT2D eigenvalue weighted by atomic mass is 10.1. The van der Waals surface area contributed by atoms with Crippen molar-refractivity contribution < 1.29 is 14.7 Å². The summed E-state index contributed by atoms with van der Waals surface area (Å²) in [6.45, 7) is 1.82. The van der Waals surface area contributed by atoms with Gasteiger partial charge in [0.15, 0.2) is 0 Å². The fraction of sp³-hybridized carbons (Fsp3) is 0.0667. The number of carbonyl (C=O) groups is 2. The minimum Gasteiger partial charge on any atom is -0.478 e. The van der Waals surface area contributed by atoms with Crippen LogP contribution in [0.25, 0.3) is 0 Å². The summed E-state index contributed by atoms with van der Waals surface area (Å²) in [4.78, 5) is 23.2. The van der Waals surface area contributed by atoms with Crippen molar-refractivity contribution in [1.29, 1.82) is 0 Å². The molecule has 0 aliphatic heterocycles. The number of hydrogen-bond acceptors (Lipinski definition) is 2. The van der Waals surface area contributed by atoms with E-state index in [1.54, 1.807) is 18.2 Å². The molecule has 5 heteroatoms. The van der Waals surface area contributed by atoms with Crippen LogP contribution in [-0.2, 0) is 0 Å². The molecule has 0 bridgehead atoms. The summed E-state index contributed by atoms with van der Waals surface area (Å²) in [5.41, 5.74) is 2.03. The number of aromatic carboxylic acids is 1. The molecule has 1 amide bonds. The smallest absolute Gasteiger partial charge is 0.335 e. The van der Waals surface area contributed by atoms with Crippen LogP contribution in [-0.4, -0.2) is 17.0 Å². The van der Waals surface area contributed by atoms with E-state index in [4.69, 9.17) is 5.11 Å². The molecule has 102 valence electrons. The van der Waals surface area contributed by atoms with Crippen LogP contribution in [0, 0.1) is 10.5 Å². The molecule has 0 fully saturated rings. The Morgan fingerprint density at radius 3 is 2.50 bits per heavy atom. The first-order valence-corrected chi connectivity index (χ1v) is 6.96. The monoisotopic (exact) mass is 381 g/mol. The average molecular weight is 381 g/mol. The lowest BCUT2D eigenvalue weighted by Crippen LogP contribution is -2.14. The standard InChI is InChI=1S/C15H12INO3/c1-9-6-7-10(15(19)20)8-13(9)17-14(18)11-4-2-3-5-12(11)16/h2-8H,1H3,(H,17,18)(H,19,20). The second-order valence-electron chi connectivity index (χ2n) is 4.27. The highest BCUT2D eigenvalue weighted by Gasteiger charge is 2.12. The lowest BCUT2D eigenvalue weighted by molar-refractivity contribution is 0.0696. The van der Waals surface area contributed by atoms with E-state index in [0.29, 0.717) is 11.3 Å². The summed E-state index contributed by atoms with van der Waals surface area (Å²) in [5, 5.41) is 11.7. The summed E-state index contributed by atoms with van der Waals surface area (Å²) >= 11 is 2.09. The zero-order valence-corrected chi connectivity index (χ0v) is 12.8. The third-order valence-corrected chi connectivity index (χ3v) is 3.79. The molecule has 0 heterocycles. The van der Waals surface area contributed by atoms with Crippen LogP contribution < -0.4 is 5.32 Å². The number of aryl methyl sites for hydroxylation is 1. The van der Waals surface area contributed by atoms with Gasteiger partial charge in [0.1, 0.15) is 0 Å². The molecule has 4 nitrogen and oxygen atoms in total. The highest BCUT2D eigenvalue weighted by Crippen LogP contribution is 2.19. The maximum Gasteiger partial charge on any atom is 0.335 e. The third kappa shape index (κ3) is 3.16. The highest BCUT2D eigenvalue weighted by molar-refractivity contribution is 14.1. The predicted octanol–water partition coefficient (Wildman–Crippen LogP) is 3.55. The predicted molar refractivity (Wildman–Crippen MR) is 85.3 cm³/mol. The first kappa shape index (κ1) is 14.5. The normalized spacial score (nSPS) is 10.1. The Bertz CT molecular complexity index is 683. The van der Waals surface area contributed by atoms with Gasteiger partial charge in [0.25, 0.3) is 5.91 Å². The number of benzene rings is 2. The Labute approximate surface area is 130 Å². The number of rotatable bonds is 3. The van der Waals surface area contributed by atoms with E-state index in [9.17, 15) is 9.59 Å². The molecule has 0 aliphatic carbocycles. The quantitative estimate of drug-likeness (QED) is 0.800. The molecule has 0 unspecified atom stereocenters. The van der Waals surface area contributed by atoms with Crippen LogP contribution in [0.15, 0.2) is 42.5 Å². The van der Waals surface area contributed by atoms with E-state index in [-0.39, 0.29) is 11.5 Å². The van der Waals surface area contributed by atoms with Gasteiger partial charge in [0.2, 0.25) is 0 Å². The fourth-order valence-corrected chi connectivity index (χ4v) is 2.36. The van der Waals surface area contributed by atoms with Gasteiger partial charge in [0.05, 0.1) is 11.1 Å². The van der Waals surface area contributed by atoms with Crippen LogP contribution >= 0.6 is 22.6 Å². The molecule has 2 N–H and O–H groups in total. The number of amides is 1. The van der Waals surface area contributed by atoms with E-state index in [2.05, 4.69) is 27.9 Å². The van der Waals surface area contributed by atoms with Gasteiger partial charge >= 0.3 is 5.97 Å². The van der Waals surface area contributed by atoms with Crippen molar-refractivity contribution in [3.63, 3.8) is 0 Å². The maximum absolute atomic E-state index is 12.2. The van der Waals surface area contributed by atoms with E-state index >= 15 is 0 Å². The largest absolute Gasteiger partial charge is 0.478 e. The molecule has 20 heavy (non-hydrogen) atoms. The number of anilines is 1. The molecule has 2 aromatic rings. The first-order chi connectivity index (χ1) is 9.49. The SMILES string of the molecule is Cc1ccc(C(=O)O)cc1NC(=O)c1ccccc1I. The molecular formula is C15H12INO3. The Morgan fingerprint density at radius 2 is 1.85 bits per heavy atom. The number of hydrogen-bond donors (Lipinski definition) is 2. The molecule has 0 aliphatic rings. The Balaban J connectivity index is 2.30. The number of carboxylic acids is 1. The van der Waals surface area contributed by atoms with Gasteiger partial charge < -0.3 is 10.4 Å². The molecule has 0 radical (unpaired) electrons. The maximum atomic E-state index is 12.2. The summed E-state index contributed by atoms with van der Waals surface area (Å²) in [7, 11) is 0. The van der Waals surface area contributed by atoms with Crippen molar-refractivity contribution in [2.24, 2.45) is 0 Å². The minimum atomic E-state index is -1.02. The van der Waals surface area contributed by atoms with Gasteiger partial charge in [-0.2, -0.15) is 0 Å². The Hall–Kier alpha value is -1.89. The second kappa shape index (κ2) is 6.04. The molecule has 0 spiro atoms. The summed E-state index contributed by atoms with van der Waals surface area (Å²) in [5.74, 6) is -1.27. The van der Waals surface area contributed by atoms with Crippen LogP contribution in [0.3, 0.4) is 0 Å². The van der Waals surface area contributed by atoms with E-state index < -0.39 is 5.97 Å². The van der Waals surface area contributed by atoms with Gasteiger partial charge in [-0.3, -0.25) is 4.79 Å². The van der Waals surface area contributed by atoms with Crippen molar-refractivity contribution in [2.75, 3.05) is 5.32 Å². The number of carboxylic acid groups (broad SMARTS) is 1. The van der Waals surface area contributed by atoms with E-state index in [0.717, 1.165) is 9.13 Å². The Morgan fingerprint density at radius 1 is 1.15 bits per heavy atom. The van der Waals surface area contributed by atoms with E-state index in [1.807, 2.05) is 19.1 Å². The summed E-state index contributed by atoms with van der Waals surface area (Å²) in [6, 6.07) is 11.9. The Kier molecular flexibility index (Phi) is 4.39. The average Bonchev–Trinajstić information content (AvgIpc) is 2.41. The molecule has 0 saturated heterocycles. The van der Waals surface area contributed by atoms with Crippen molar-refractivity contribution in [1.82, 2.24) is 0 Å². The zero-order chi connectivity index (χ0) is 14.7. The van der Waals surface area contributed by atoms with Crippen LogP contribution in [0.1, 0.15) is 26.3 Å². The summed E-state index contributed by atoms with van der Waals surface area (Å²) in [6.07, 6.45) is 0. The molecule has 0 saturated carbocycles.